The summed E-state index contributed by atoms with van der Waals surface area (Å²) in [6.45, 7) is 2.44. The predicted molar refractivity (Wildman–Crippen MR) is 41.5 cm³/mol. The maximum absolute atomic E-state index is 8.03. The van der Waals surface area contributed by atoms with Crippen LogP contribution in [-0.2, 0) is 9.47 Å². The summed E-state index contributed by atoms with van der Waals surface area (Å²) in [5.41, 5.74) is 0. The molecule has 0 fully saturated rings. The maximum atomic E-state index is 8.03. The van der Waals surface area contributed by atoms with Gasteiger partial charge in [0.2, 0.25) is 0 Å². The van der Waals surface area contributed by atoms with Gasteiger partial charge in [-0.25, -0.2) is 4.79 Å². The maximum Gasteiger partial charge on any atom is 0.466 e. The van der Waals surface area contributed by atoms with E-state index in [0.717, 1.165) is 6.42 Å². The lowest BCUT2D eigenvalue weighted by molar-refractivity contribution is 0.0702. The molecule has 0 unspecified atom stereocenters. The van der Waals surface area contributed by atoms with Crippen LogP contribution >= 0.6 is 0 Å². The fourth-order valence-electron chi connectivity index (χ4n) is 0.540. The Morgan fingerprint density at radius 3 is 2.82 bits per heavy atom. The lowest BCUT2D eigenvalue weighted by Gasteiger charge is -1.99. The first-order valence-corrected chi connectivity index (χ1v) is 3.54. The summed E-state index contributed by atoms with van der Waals surface area (Å²) in [5, 5.41) is 0. The summed E-state index contributed by atoms with van der Waals surface area (Å²) in [6, 6.07) is 0. The van der Waals surface area contributed by atoms with Crippen molar-refractivity contribution < 1.29 is 14.3 Å². The van der Waals surface area contributed by atoms with E-state index < -0.39 is 0 Å². The lowest BCUT2D eigenvalue weighted by atomic mass is 10.5. The topological polar surface area (TPSA) is 52.2 Å². The molecule has 0 heterocycles. The molecule has 0 aliphatic heterocycles. The minimum atomic E-state index is 0.559. The molecule has 0 atom stereocenters. The smallest absolute Gasteiger partial charge is 0.382 e. The number of carbonyl (C=O) groups excluding carboxylic acids is 1. The second-order valence-electron chi connectivity index (χ2n) is 1.94. The molecule has 1 N–H and O–H groups in total. The third-order valence-electron chi connectivity index (χ3n) is 1.06. The highest BCUT2D eigenvalue weighted by Gasteiger charge is 1.87. The summed E-state index contributed by atoms with van der Waals surface area (Å²) >= 11 is 0. The van der Waals surface area contributed by atoms with Gasteiger partial charge in [-0.05, 0) is 6.42 Å². The van der Waals surface area contributed by atoms with E-state index in [2.05, 4.69) is 4.99 Å². The van der Waals surface area contributed by atoms with Crippen LogP contribution in [-0.4, -0.2) is 44.3 Å². The number of aliphatic imine (C=N–C) groups is 1. The van der Waals surface area contributed by atoms with E-state index in [9.17, 15) is 0 Å². The molecule has 0 radical (unpaired) electrons. The van der Waals surface area contributed by atoms with Gasteiger partial charge in [-0.2, -0.15) is 4.99 Å². The van der Waals surface area contributed by atoms with Crippen molar-refractivity contribution in [2.24, 2.45) is 4.99 Å². The van der Waals surface area contributed by atoms with Gasteiger partial charge in [-0.1, -0.05) is 0 Å². The van der Waals surface area contributed by atoms with Crippen molar-refractivity contribution in [2.75, 3.05) is 33.5 Å². The van der Waals surface area contributed by atoms with E-state index >= 15 is 0 Å². The first-order chi connectivity index (χ1) is 5.41. The summed E-state index contributed by atoms with van der Waals surface area (Å²) in [6.07, 6.45) is 2.52. The zero-order valence-electron chi connectivity index (χ0n) is 6.75. The number of nitrogens with zero attached hydrogens (tertiary/aromatic N) is 1. The molecule has 0 aromatic rings. The Balaban J connectivity index is 2.84. The Kier molecular flexibility index (Phi) is 8.71. The number of hydrogen-bond donors (Lipinski definition) is 0. The zero-order chi connectivity index (χ0) is 8.36. The Morgan fingerprint density at radius 2 is 2.18 bits per heavy atom. The van der Waals surface area contributed by atoms with Crippen LogP contribution < -0.4 is 0 Å². The highest BCUT2D eigenvalue weighted by atomic mass is 16.5. The van der Waals surface area contributed by atoms with Crippen LogP contribution in [0.5, 0.6) is 0 Å². The molecular weight excluding hydrogens is 146 g/mol. The molecule has 0 aromatic heterocycles. The van der Waals surface area contributed by atoms with Crippen molar-refractivity contribution in [2.45, 2.75) is 6.42 Å². The third kappa shape index (κ3) is 9.30. The van der Waals surface area contributed by atoms with Gasteiger partial charge < -0.3 is 9.47 Å². The van der Waals surface area contributed by atoms with Crippen molar-refractivity contribution in [3.8, 4) is 0 Å². The van der Waals surface area contributed by atoms with Gasteiger partial charge in [0, 0.05) is 13.7 Å². The molecule has 4 nitrogen and oxygen atoms in total. The van der Waals surface area contributed by atoms with Crippen LogP contribution in [0, 0.1) is 0 Å². The van der Waals surface area contributed by atoms with Crippen molar-refractivity contribution >= 4 is 6.08 Å². The summed E-state index contributed by atoms with van der Waals surface area (Å²) in [7, 11) is 1.63. The molecular formula is C7H14NO3+. The van der Waals surface area contributed by atoms with Gasteiger partial charge in [0.25, 0.3) is 0 Å². The molecule has 0 saturated carbocycles. The SMILES string of the molecule is COCCOCCCN=C=[OH+]. The van der Waals surface area contributed by atoms with Crippen molar-refractivity contribution in [3.63, 3.8) is 0 Å². The molecule has 0 spiro atoms. The second kappa shape index (κ2) is 9.30. The van der Waals surface area contributed by atoms with Crippen LogP contribution in [0.25, 0.3) is 0 Å². The summed E-state index contributed by atoms with van der Waals surface area (Å²) < 4.78 is 9.89. The van der Waals surface area contributed by atoms with Crippen LogP contribution in [0.1, 0.15) is 6.42 Å². The molecule has 11 heavy (non-hydrogen) atoms. The van der Waals surface area contributed by atoms with Gasteiger partial charge in [0.15, 0.2) is 0 Å². The van der Waals surface area contributed by atoms with Crippen molar-refractivity contribution in [3.05, 3.63) is 0 Å². The molecule has 0 rings (SSSR count). The minimum Gasteiger partial charge on any atom is -0.382 e. The van der Waals surface area contributed by atoms with Gasteiger partial charge in [0.1, 0.15) is 0 Å². The van der Waals surface area contributed by atoms with Gasteiger partial charge >= 0.3 is 6.08 Å². The van der Waals surface area contributed by atoms with Crippen LogP contribution in [0.15, 0.2) is 4.99 Å². The minimum absolute atomic E-state index is 0.559. The molecule has 4 heteroatoms. The quantitative estimate of drug-likeness (QED) is 0.233. The van der Waals surface area contributed by atoms with Crippen LogP contribution in [0.2, 0.25) is 0 Å². The van der Waals surface area contributed by atoms with E-state index in [1.165, 1.54) is 0 Å². The number of isocyanates is 1. The highest BCUT2D eigenvalue weighted by molar-refractivity contribution is 5.32. The van der Waals surface area contributed by atoms with E-state index in [-0.39, 0.29) is 0 Å². The fraction of sp³-hybridized carbons (Fsp3) is 0.857. The molecule has 0 bridgehead atoms. The van der Waals surface area contributed by atoms with E-state index in [1.54, 1.807) is 13.2 Å². The highest BCUT2D eigenvalue weighted by Crippen LogP contribution is 1.83. The molecule has 0 aliphatic carbocycles. The number of methoxy groups -OCH3 is 1. The molecule has 0 aromatic carbocycles. The lowest BCUT2D eigenvalue weighted by Crippen LogP contribution is -2.03. The average Bonchev–Trinajstić information content (AvgIpc) is 2.03. The van der Waals surface area contributed by atoms with Gasteiger partial charge in [-0.15, -0.1) is 0 Å². The Bertz CT molecular complexity index is 121. The molecule has 0 amide bonds. The van der Waals surface area contributed by atoms with Crippen molar-refractivity contribution in [1.29, 1.82) is 0 Å². The fourth-order valence-corrected chi connectivity index (χ4v) is 0.540. The Morgan fingerprint density at radius 1 is 1.36 bits per heavy atom. The van der Waals surface area contributed by atoms with E-state index in [4.69, 9.17) is 14.3 Å². The largest absolute Gasteiger partial charge is 0.466 e. The molecule has 0 saturated heterocycles. The zero-order valence-corrected chi connectivity index (χ0v) is 6.75. The first-order valence-electron chi connectivity index (χ1n) is 3.54. The van der Waals surface area contributed by atoms with Gasteiger partial charge in [-0.3, -0.25) is 0 Å². The Hall–Kier alpha value is -0.700. The van der Waals surface area contributed by atoms with Crippen LogP contribution in [0.4, 0.5) is 0 Å². The number of ether oxygens (including phenoxy) is 2. The van der Waals surface area contributed by atoms with Crippen LogP contribution in [0.3, 0.4) is 0 Å². The van der Waals surface area contributed by atoms with E-state index in [0.29, 0.717) is 26.4 Å². The second-order valence-corrected chi connectivity index (χ2v) is 1.94. The first kappa shape index (κ1) is 10.3. The summed E-state index contributed by atoms with van der Waals surface area (Å²) in [4.78, 5) is 11.5. The average molecular weight is 160 g/mol. The third-order valence-corrected chi connectivity index (χ3v) is 1.06. The number of hydrogen-bond acceptors (Lipinski definition) is 3. The molecule has 64 valence electrons. The van der Waals surface area contributed by atoms with Gasteiger partial charge in [0.05, 0.1) is 19.8 Å². The number of rotatable bonds is 7. The normalized spacial score (nSPS) is 9.18. The monoisotopic (exact) mass is 160 g/mol. The molecule has 0 aliphatic rings. The standard InChI is InChI=1S/C7H13NO3/c1-10-5-6-11-4-2-3-8-7-9/h2-6H2,1H3/p+1. The summed E-state index contributed by atoms with van der Waals surface area (Å²) in [5.74, 6) is 0. The Labute approximate surface area is 66.2 Å². The van der Waals surface area contributed by atoms with E-state index in [1.807, 2.05) is 0 Å². The predicted octanol–water partition coefficient (Wildman–Crippen LogP) is 0.317. The van der Waals surface area contributed by atoms with Crippen molar-refractivity contribution in [1.82, 2.24) is 0 Å².